The van der Waals surface area contributed by atoms with E-state index >= 15 is 0 Å². The van der Waals surface area contributed by atoms with Crippen LogP contribution in [0.15, 0.2) is 18.3 Å². The molecule has 1 aromatic rings. The number of ether oxygens (including phenoxy) is 2. The van der Waals surface area contributed by atoms with Crippen molar-refractivity contribution in [1.29, 1.82) is 0 Å². The van der Waals surface area contributed by atoms with Crippen molar-refractivity contribution < 1.29 is 27.4 Å². The van der Waals surface area contributed by atoms with Crippen LogP contribution >= 0.6 is 0 Å². The second-order valence-corrected chi connectivity index (χ2v) is 6.77. The quantitative estimate of drug-likeness (QED) is 0.837. The molecule has 0 bridgehead atoms. The van der Waals surface area contributed by atoms with Crippen LogP contribution in [0, 0.1) is 5.92 Å². The minimum Gasteiger partial charge on any atom is -0.477 e. The summed E-state index contributed by atoms with van der Waals surface area (Å²) in [4.78, 5) is 17.3. The average molecular weight is 346 g/mol. The molecular weight excluding hydrogens is 325 g/mol. The number of halogens is 3. The van der Waals surface area contributed by atoms with E-state index in [1.165, 1.54) is 0 Å². The van der Waals surface area contributed by atoms with E-state index in [4.69, 9.17) is 9.47 Å². The molecule has 8 heteroatoms. The van der Waals surface area contributed by atoms with Crippen LogP contribution in [0.1, 0.15) is 32.8 Å². The topological polar surface area (TPSA) is 51.7 Å². The van der Waals surface area contributed by atoms with Gasteiger partial charge in [0, 0.05) is 31.3 Å². The van der Waals surface area contributed by atoms with E-state index < -0.39 is 17.3 Å². The molecule has 0 spiro atoms. The van der Waals surface area contributed by atoms with Crippen LogP contribution in [0.5, 0.6) is 5.88 Å². The molecule has 24 heavy (non-hydrogen) atoms. The van der Waals surface area contributed by atoms with Gasteiger partial charge in [0.2, 0.25) is 5.88 Å². The third kappa shape index (κ3) is 5.28. The molecule has 5 nitrogen and oxygen atoms in total. The first kappa shape index (κ1) is 18.4. The molecular formula is C16H21F3N2O3. The number of hydrogen-bond acceptors (Lipinski definition) is 4. The Kier molecular flexibility index (Phi) is 5.25. The molecule has 2 rings (SSSR count). The molecule has 1 fully saturated rings. The second kappa shape index (κ2) is 6.86. The van der Waals surface area contributed by atoms with Gasteiger partial charge in [-0.2, -0.15) is 13.2 Å². The van der Waals surface area contributed by atoms with E-state index in [0.717, 1.165) is 18.3 Å². The van der Waals surface area contributed by atoms with Crippen molar-refractivity contribution in [3.8, 4) is 5.88 Å². The van der Waals surface area contributed by atoms with E-state index in [1.807, 2.05) is 0 Å². The number of rotatable bonds is 3. The Morgan fingerprint density at radius 3 is 2.71 bits per heavy atom. The lowest BCUT2D eigenvalue weighted by Crippen LogP contribution is -2.35. The third-order valence-corrected chi connectivity index (χ3v) is 3.47. The standard InChI is InChI=1S/C16H21F3N2O3/c1-15(2,3)24-14(22)21-7-5-11(9-21)10-23-13-8-12(4-6-20-13)16(17,18)19/h4,6,8,11H,5,7,9-10H2,1-3H3/t11-/m0/s1. The Morgan fingerprint density at radius 1 is 1.38 bits per heavy atom. The van der Waals surface area contributed by atoms with Crippen LogP contribution in [0.4, 0.5) is 18.0 Å². The maximum absolute atomic E-state index is 12.6. The van der Waals surface area contributed by atoms with Gasteiger partial charge in [-0.25, -0.2) is 9.78 Å². The molecule has 1 atom stereocenters. The van der Waals surface area contributed by atoms with Gasteiger partial charge in [-0.15, -0.1) is 0 Å². The van der Waals surface area contributed by atoms with Gasteiger partial charge >= 0.3 is 12.3 Å². The fraction of sp³-hybridized carbons (Fsp3) is 0.625. The zero-order chi connectivity index (χ0) is 18.0. The van der Waals surface area contributed by atoms with Crippen molar-refractivity contribution in [2.24, 2.45) is 5.92 Å². The number of hydrogen-bond donors (Lipinski definition) is 0. The Bertz CT molecular complexity index is 585. The highest BCUT2D eigenvalue weighted by molar-refractivity contribution is 5.68. The normalized spacial score (nSPS) is 18.6. The molecule has 0 aliphatic carbocycles. The highest BCUT2D eigenvalue weighted by Gasteiger charge is 2.32. The minimum atomic E-state index is -4.43. The molecule has 0 aromatic carbocycles. The molecule has 0 N–H and O–H groups in total. The number of likely N-dealkylation sites (tertiary alicyclic amines) is 1. The smallest absolute Gasteiger partial charge is 0.416 e. The number of amides is 1. The molecule has 134 valence electrons. The van der Waals surface area contributed by atoms with Crippen LogP contribution in [-0.2, 0) is 10.9 Å². The number of pyridine rings is 1. The largest absolute Gasteiger partial charge is 0.477 e. The monoisotopic (exact) mass is 346 g/mol. The molecule has 2 heterocycles. The zero-order valence-electron chi connectivity index (χ0n) is 13.9. The fourth-order valence-electron chi connectivity index (χ4n) is 2.33. The van der Waals surface area contributed by atoms with Crippen molar-refractivity contribution in [1.82, 2.24) is 9.88 Å². The predicted molar refractivity (Wildman–Crippen MR) is 80.6 cm³/mol. The number of carbonyl (C=O) groups is 1. The van der Waals surface area contributed by atoms with Gasteiger partial charge in [0.1, 0.15) is 5.60 Å². The molecule has 1 saturated heterocycles. The SMILES string of the molecule is CC(C)(C)OC(=O)N1CC[C@H](COc2cc(C(F)(F)F)ccn2)C1. The number of alkyl halides is 3. The van der Waals surface area contributed by atoms with Crippen molar-refractivity contribution in [3.05, 3.63) is 23.9 Å². The molecule has 0 unspecified atom stereocenters. The Labute approximate surface area is 138 Å². The number of carbonyl (C=O) groups excluding carboxylic acids is 1. The zero-order valence-corrected chi connectivity index (χ0v) is 13.9. The maximum atomic E-state index is 12.6. The van der Waals surface area contributed by atoms with Crippen molar-refractivity contribution in [2.75, 3.05) is 19.7 Å². The second-order valence-electron chi connectivity index (χ2n) is 6.77. The lowest BCUT2D eigenvalue weighted by Gasteiger charge is -2.24. The molecule has 1 amide bonds. The van der Waals surface area contributed by atoms with Gasteiger partial charge in [-0.05, 0) is 33.3 Å². The summed E-state index contributed by atoms with van der Waals surface area (Å²) in [5.74, 6) is -0.0330. The summed E-state index contributed by atoms with van der Waals surface area (Å²) >= 11 is 0. The average Bonchev–Trinajstić information content (AvgIpc) is 2.92. The van der Waals surface area contributed by atoms with E-state index in [-0.39, 0.29) is 24.5 Å². The van der Waals surface area contributed by atoms with Crippen molar-refractivity contribution in [3.63, 3.8) is 0 Å². The van der Waals surface area contributed by atoms with Crippen LogP contribution in [0.2, 0.25) is 0 Å². The lowest BCUT2D eigenvalue weighted by molar-refractivity contribution is -0.137. The number of aromatic nitrogens is 1. The highest BCUT2D eigenvalue weighted by atomic mass is 19.4. The summed E-state index contributed by atoms with van der Waals surface area (Å²) in [5.41, 5.74) is -1.36. The van der Waals surface area contributed by atoms with Crippen molar-refractivity contribution >= 4 is 6.09 Å². The Morgan fingerprint density at radius 2 is 2.08 bits per heavy atom. The fourth-order valence-corrected chi connectivity index (χ4v) is 2.33. The van der Waals surface area contributed by atoms with Crippen LogP contribution in [0.25, 0.3) is 0 Å². The van der Waals surface area contributed by atoms with Crippen LogP contribution in [0.3, 0.4) is 0 Å². The number of nitrogens with zero attached hydrogens (tertiary/aromatic N) is 2. The molecule has 1 aliphatic heterocycles. The molecule has 0 saturated carbocycles. The summed E-state index contributed by atoms with van der Waals surface area (Å²) in [7, 11) is 0. The predicted octanol–water partition coefficient (Wildman–Crippen LogP) is 3.74. The summed E-state index contributed by atoms with van der Waals surface area (Å²) < 4.78 is 48.6. The van der Waals surface area contributed by atoms with E-state index in [1.54, 1.807) is 25.7 Å². The molecule has 0 radical (unpaired) electrons. The summed E-state index contributed by atoms with van der Waals surface area (Å²) in [6, 6.07) is 1.77. The Hall–Kier alpha value is -1.99. The molecule has 1 aromatic heterocycles. The minimum absolute atomic E-state index is 0.0360. The van der Waals surface area contributed by atoms with Crippen LogP contribution < -0.4 is 4.74 Å². The molecule has 1 aliphatic rings. The summed E-state index contributed by atoms with van der Waals surface area (Å²) in [6.07, 6.45) is -3.04. The highest BCUT2D eigenvalue weighted by Crippen LogP contribution is 2.30. The van der Waals surface area contributed by atoms with Gasteiger partial charge in [0.25, 0.3) is 0 Å². The first-order chi connectivity index (χ1) is 11.0. The first-order valence-corrected chi connectivity index (χ1v) is 7.68. The van der Waals surface area contributed by atoms with Gasteiger partial charge in [0.15, 0.2) is 0 Å². The maximum Gasteiger partial charge on any atom is 0.416 e. The van der Waals surface area contributed by atoms with Gasteiger partial charge in [-0.3, -0.25) is 0 Å². The summed E-state index contributed by atoms with van der Waals surface area (Å²) in [5, 5.41) is 0. The van der Waals surface area contributed by atoms with E-state index in [0.29, 0.717) is 19.5 Å². The van der Waals surface area contributed by atoms with E-state index in [9.17, 15) is 18.0 Å². The van der Waals surface area contributed by atoms with Gasteiger partial charge in [0.05, 0.1) is 12.2 Å². The lowest BCUT2D eigenvalue weighted by atomic mass is 10.1. The Balaban J connectivity index is 1.85. The third-order valence-electron chi connectivity index (χ3n) is 3.47. The summed E-state index contributed by atoms with van der Waals surface area (Å²) in [6.45, 7) is 6.57. The van der Waals surface area contributed by atoms with E-state index in [2.05, 4.69) is 4.98 Å². The van der Waals surface area contributed by atoms with Crippen LogP contribution in [-0.4, -0.2) is 41.3 Å². The van der Waals surface area contributed by atoms with Gasteiger partial charge < -0.3 is 14.4 Å². The van der Waals surface area contributed by atoms with Gasteiger partial charge in [-0.1, -0.05) is 0 Å². The van der Waals surface area contributed by atoms with Crippen molar-refractivity contribution in [2.45, 2.75) is 39.0 Å². The first-order valence-electron chi connectivity index (χ1n) is 7.68.